The molecular weight excluding hydrogens is 265 g/mol. The molecule has 0 saturated heterocycles. The molecule has 0 radical (unpaired) electrons. The van der Waals surface area contributed by atoms with Crippen LogP contribution in [0.4, 0.5) is 4.39 Å². The number of rotatable bonds is 1. The van der Waals surface area contributed by atoms with Crippen LogP contribution in [0.5, 0.6) is 0 Å². The smallest absolute Gasteiger partial charge is 0.124 e. The Morgan fingerprint density at radius 2 is 2.21 bits per heavy atom. The molecule has 72 valence electrons. The molecule has 0 aliphatic rings. The molecule has 4 heteroatoms. The first-order chi connectivity index (χ1) is 6.66. The maximum Gasteiger partial charge on any atom is 0.124 e. The molecule has 0 aliphatic heterocycles. The molecule has 1 heterocycles. The molecule has 2 rings (SSSR count). The second kappa shape index (κ2) is 3.79. The van der Waals surface area contributed by atoms with Gasteiger partial charge in [-0.1, -0.05) is 0 Å². The van der Waals surface area contributed by atoms with Crippen LogP contribution in [0.15, 0.2) is 28.2 Å². The van der Waals surface area contributed by atoms with Crippen molar-refractivity contribution < 1.29 is 4.39 Å². The van der Waals surface area contributed by atoms with Gasteiger partial charge in [0.2, 0.25) is 0 Å². The molecule has 0 bridgehead atoms. The zero-order valence-electron chi connectivity index (χ0n) is 7.42. The van der Waals surface area contributed by atoms with Gasteiger partial charge in [0.25, 0.3) is 0 Å². The maximum absolute atomic E-state index is 12.8. The van der Waals surface area contributed by atoms with E-state index in [0.29, 0.717) is 0 Å². The second-order valence-corrected chi connectivity index (χ2v) is 4.61. The molecule has 1 aromatic heterocycles. The molecule has 0 saturated carbocycles. The zero-order valence-corrected chi connectivity index (χ0v) is 9.82. The lowest BCUT2D eigenvalue weighted by molar-refractivity contribution is 0.627. The van der Waals surface area contributed by atoms with E-state index in [-0.39, 0.29) is 5.82 Å². The van der Waals surface area contributed by atoms with Crippen molar-refractivity contribution in [3.63, 3.8) is 0 Å². The third-order valence-electron chi connectivity index (χ3n) is 1.90. The lowest BCUT2D eigenvalue weighted by atomic mass is 10.1. The predicted octanol–water partition coefficient (Wildman–Crippen LogP) is 4.02. The maximum atomic E-state index is 12.8. The highest BCUT2D eigenvalue weighted by Gasteiger charge is 2.06. The summed E-state index contributed by atoms with van der Waals surface area (Å²) in [7, 11) is 0. The van der Waals surface area contributed by atoms with E-state index in [0.717, 1.165) is 20.7 Å². The van der Waals surface area contributed by atoms with Crippen LogP contribution < -0.4 is 0 Å². The third kappa shape index (κ3) is 1.86. The molecule has 0 atom stereocenters. The van der Waals surface area contributed by atoms with Crippen molar-refractivity contribution in [2.24, 2.45) is 0 Å². The summed E-state index contributed by atoms with van der Waals surface area (Å²) in [6.45, 7) is 1.88. The number of aromatic nitrogens is 1. The molecule has 1 nitrogen and oxygen atoms in total. The van der Waals surface area contributed by atoms with E-state index in [9.17, 15) is 4.39 Å². The Morgan fingerprint density at radius 1 is 1.43 bits per heavy atom. The fraction of sp³-hybridized carbons (Fsp3) is 0.100. The number of nitrogens with zero attached hydrogens (tertiary/aromatic N) is 1. The minimum absolute atomic E-state index is 0.207. The zero-order chi connectivity index (χ0) is 10.1. The van der Waals surface area contributed by atoms with Crippen LogP contribution in [0, 0.1) is 12.7 Å². The van der Waals surface area contributed by atoms with Gasteiger partial charge in [0.15, 0.2) is 0 Å². The number of halogens is 2. The van der Waals surface area contributed by atoms with E-state index in [1.807, 2.05) is 12.3 Å². The first-order valence-corrected chi connectivity index (χ1v) is 5.71. The van der Waals surface area contributed by atoms with Crippen molar-refractivity contribution in [1.82, 2.24) is 4.98 Å². The fourth-order valence-electron chi connectivity index (χ4n) is 1.24. The van der Waals surface area contributed by atoms with E-state index in [4.69, 9.17) is 0 Å². The Hall–Kier alpha value is -0.740. The molecule has 0 fully saturated rings. The summed E-state index contributed by atoms with van der Waals surface area (Å²) >= 11 is 4.84. The highest BCUT2D eigenvalue weighted by Crippen LogP contribution is 2.28. The van der Waals surface area contributed by atoms with Crippen molar-refractivity contribution in [1.29, 1.82) is 0 Å². The average molecular weight is 272 g/mol. The Kier molecular flexibility index (Phi) is 2.65. The number of aryl methyl sites for hydroxylation is 1. The van der Waals surface area contributed by atoms with E-state index in [2.05, 4.69) is 20.9 Å². The van der Waals surface area contributed by atoms with Gasteiger partial charge in [0.1, 0.15) is 15.4 Å². The number of hydrogen-bond acceptors (Lipinski definition) is 2. The van der Waals surface area contributed by atoms with Gasteiger partial charge in [0, 0.05) is 10.9 Å². The topological polar surface area (TPSA) is 12.9 Å². The van der Waals surface area contributed by atoms with Gasteiger partial charge in [-0.2, -0.15) is 0 Å². The Bertz CT molecular complexity index is 467. The lowest BCUT2D eigenvalue weighted by Gasteiger charge is -2.01. The molecule has 0 spiro atoms. The number of hydrogen-bond donors (Lipinski definition) is 0. The predicted molar refractivity (Wildman–Crippen MR) is 59.9 cm³/mol. The first kappa shape index (κ1) is 9.80. The van der Waals surface area contributed by atoms with Gasteiger partial charge in [-0.05, 0) is 46.6 Å². The highest BCUT2D eigenvalue weighted by molar-refractivity contribution is 9.10. The van der Waals surface area contributed by atoms with Crippen LogP contribution in [-0.2, 0) is 0 Å². The van der Waals surface area contributed by atoms with Crippen LogP contribution in [0.3, 0.4) is 0 Å². The SMILES string of the molecule is Cc1cc(F)ccc1-c1nc(Br)cs1. The fourth-order valence-corrected chi connectivity index (χ4v) is 2.59. The summed E-state index contributed by atoms with van der Waals surface area (Å²) in [5, 5.41) is 2.83. The minimum Gasteiger partial charge on any atom is -0.229 e. The Morgan fingerprint density at radius 3 is 2.79 bits per heavy atom. The van der Waals surface area contributed by atoms with Gasteiger partial charge >= 0.3 is 0 Å². The monoisotopic (exact) mass is 271 g/mol. The van der Waals surface area contributed by atoms with Crippen molar-refractivity contribution in [2.45, 2.75) is 6.92 Å². The largest absolute Gasteiger partial charge is 0.229 e. The number of thiazole rings is 1. The van der Waals surface area contributed by atoms with Crippen molar-refractivity contribution >= 4 is 27.3 Å². The lowest BCUT2D eigenvalue weighted by Crippen LogP contribution is -1.83. The van der Waals surface area contributed by atoms with E-state index in [1.165, 1.54) is 12.1 Å². The number of benzene rings is 1. The molecule has 2 aromatic rings. The van der Waals surface area contributed by atoms with Gasteiger partial charge in [-0.15, -0.1) is 11.3 Å². The molecule has 1 aromatic carbocycles. The van der Waals surface area contributed by atoms with Crippen LogP contribution in [0.2, 0.25) is 0 Å². The van der Waals surface area contributed by atoms with Crippen molar-refractivity contribution in [2.75, 3.05) is 0 Å². The summed E-state index contributed by atoms with van der Waals surface area (Å²) in [5.74, 6) is -0.207. The van der Waals surface area contributed by atoms with Gasteiger partial charge in [-0.25, -0.2) is 9.37 Å². The normalized spacial score (nSPS) is 10.5. The molecular formula is C10H7BrFNS. The average Bonchev–Trinajstić information content (AvgIpc) is 2.51. The first-order valence-electron chi connectivity index (χ1n) is 4.04. The summed E-state index contributed by atoms with van der Waals surface area (Å²) in [4.78, 5) is 4.28. The second-order valence-electron chi connectivity index (χ2n) is 2.93. The van der Waals surface area contributed by atoms with Crippen LogP contribution in [0.25, 0.3) is 10.6 Å². The molecule has 0 amide bonds. The quantitative estimate of drug-likeness (QED) is 0.764. The van der Waals surface area contributed by atoms with E-state index in [1.54, 1.807) is 17.4 Å². The van der Waals surface area contributed by atoms with E-state index < -0.39 is 0 Å². The van der Waals surface area contributed by atoms with E-state index >= 15 is 0 Å². The molecule has 0 aliphatic carbocycles. The van der Waals surface area contributed by atoms with Crippen LogP contribution in [0.1, 0.15) is 5.56 Å². The molecule has 14 heavy (non-hydrogen) atoms. The van der Waals surface area contributed by atoms with Gasteiger partial charge in [-0.3, -0.25) is 0 Å². The van der Waals surface area contributed by atoms with Crippen LogP contribution in [-0.4, -0.2) is 4.98 Å². The molecule has 0 unspecified atom stereocenters. The Balaban J connectivity index is 2.52. The van der Waals surface area contributed by atoms with Crippen molar-refractivity contribution in [3.05, 3.63) is 39.6 Å². The van der Waals surface area contributed by atoms with Crippen molar-refractivity contribution in [3.8, 4) is 10.6 Å². The summed E-state index contributed by atoms with van der Waals surface area (Å²) in [6, 6.07) is 4.73. The minimum atomic E-state index is -0.207. The summed E-state index contributed by atoms with van der Waals surface area (Å²) < 4.78 is 13.7. The van der Waals surface area contributed by atoms with Gasteiger partial charge in [0.05, 0.1) is 0 Å². The highest BCUT2D eigenvalue weighted by atomic mass is 79.9. The molecule has 0 N–H and O–H groups in total. The Labute approximate surface area is 93.7 Å². The third-order valence-corrected chi connectivity index (χ3v) is 3.48. The summed E-state index contributed by atoms with van der Waals surface area (Å²) in [6.07, 6.45) is 0. The van der Waals surface area contributed by atoms with Crippen LogP contribution >= 0.6 is 27.3 Å². The summed E-state index contributed by atoms with van der Waals surface area (Å²) in [5.41, 5.74) is 1.90. The van der Waals surface area contributed by atoms with Gasteiger partial charge < -0.3 is 0 Å². The standard InChI is InChI=1S/C10H7BrFNS/c1-6-4-7(12)2-3-8(6)10-13-9(11)5-14-10/h2-5H,1H3.